The minimum Gasteiger partial charge on any atom is -0.381 e. The van der Waals surface area contributed by atoms with Crippen LogP contribution in [0.15, 0.2) is 21.7 Å². The van der Waals surface area contributed by atoms with E-state index in [1.54, 1.807) is 24.4 Å². The van der Waals surface area contributed by atoms with Crippen LogP contribution >= 0.6 is 11.3 Å². The molecule has 9 heteroatoms. The van der Waals surface area contributed by atoms with Crippen molar-refractivity contribution in [2.24, 2.45) is 0 Å². The van der Waals surface area contributed by atoms with Gasteiger partial charge < -0.3 is 9.64 Å². The summed E-state index contributed by atoms with van der Waals surface area (Å²) < 4.78 is 33.3. The summed E-state index contributed by atoms with van der Waals surface area (Å²) in [6.45, 7) is 5.77. The van der Waals surface area contributed by atoms with Gasteiger partial charge in [0.1, 0.15) is 4.21 Å². The van der Waals surface area contributed by atoms with Crippen molar-refractivity contribution < 1.29 is 17.9 Å². The lowest BCUT2D eigenvalue weighted by Crippen LogP contribution is -2.53. The van der Waals surface area contributed by atoms with Crippen LogP contribution in [-0.4, -0.2) is 75.6 Å². The second kappa shape index (κ2) is 9.47. The van der Waals surface area contributed by atoms with Crippen LogP contribution in [0.5, 0.6) is 0 Å². The van der Waals surface area contributed by atoms with Crippen LogP contribution in [0.25, 0.3) is 0 Å². The van der Waals surface area contributed by atoms with Crippen LogP contribution in [-0.2, 0) is 19.6 Å². The molecule has 27 heavy (non-hydrogen) atoms. The summed E-state index contributed by atoms with van der Waals surface area (Å²) in [5, 5.41) is 1.77. The highest BCUT2D eigenvalue weighted by Crippen LogP contribution is 2.24. The first-order chi connectivity index (χ1) is 13.0. The minimum absolute atomic E-state index is 0.134. The van der Waals surface area contributed by atoms with Crippen LogP contribution in [0.3, 0.4) is 0 Å². The van der Waals surface area contributed by atoms with Gasteiger partial charge in [-0.2, -0.15) is 0 Å². The van der Waals surface area contributed by atoms with Crippen molar-refractivity contribution in [2.45, 2.75) is 48.9 Å². The molecule has 0 spiro atoms. The third-order valence-corrected chi connectivity index (χ3v) is 8.32. The van der Waals surface area contributed by atoms with Gasteiger partial charge in [-0.25, -0.2) is 13.1 Å². The second-order valence-corrected chi connectivity index (χ2v) is 10.1. The topological polar surface area (TPSA) is 79.0 Å². The number of piperidine rings is 1. The molecule has 2 aliphatic rings. The van der Waals surface area contributed by atoms with Crippen molar-refractivity contribution in [1.29, 1.82) is 0 Å². The monoisotopic (exact) mass is 415 g/mol. The number of hydrogen-bond donors (Lipinski definition) is 1. The average molecular weight is 416 g/mol. The molecule has 1 N–H and O–H groups in total. The number of sulfonamides is 1. The average Bonchev–Trinajstić information content (AvgIpc) is 3.22. The van der Waals surface area contributed by atoms with Crippen molar-refractivity contribution in [3.8, 4) is 0 Å². The molecule has 3 rings (SSSR count). The van der Waals surface area contributed by atoms with E-state index in [4.69, 9.17) is 4.74 Å². The lowest BCUT2D eigenvalue weighted by Gasteiger charge is -2.43. The van der Waals surface area contributed by atoms with Crippen molar-refractivity contribution in [2.75, 3.05) is 39.4 Å². The van der Waals surface area contributed by atoms with Gasteiger partial charge in [-0.05, 0) is 37.1 Å². The Morgan fingerprint density at radius 1 is 1.26 bits per heavy atom. The molecule has 0 atom stereocenters. The molecule has 1 aromatic rings. The van der Waals surface area contributed by atoms with E-state index in [-0.39, 0.29) is 5.91 Å². The largest absolute Gasteiger partial charge is 0.381 e. The first-order valence-corrected chi connectivity index (χ1v) is 12.0. The van der Waals surface area contributed by atoms with Gasteiger partial charge in [0.2, 0.25) is 15.9 Å². The summed E-state index contributed by atoms with van der Waals surface area (Å²) in [4.78, 5) is 15.9. The number of nitrogens with zero attached hydrogens (tertiary/aromatic N) is 2. The predicted molar refractivity (Wildman–Crippen MR) is 105 cm³/mol. The van der Waals surface area contributed by atoms with Crippen molar-refractivity contribution in [1.82, 2.24) is 14.5 Å². The number of thiophene rings is 1. The number of carbonyl (C=O) groups is 1. The van der Waals surface area contributed by atoms with Gasteiger partial charge in [0.15, 0.2) is 0 Å². The number of nitrogens with one attached hydrogen (secondary N) is 1. The van der Waals surface area contributed by atoms with Crippen LogP contribution in [0.1, 0.15) is 32.6 Å². The van der Waals surface area contributed by atoms with Crippen molar-refractivity contribution in [3.63, 3.8) is 0 Å². The maximum Gasteiger partial charge on any atom is 0.250 e. The van der Waals surface area contributed by atoms with Crippen molar-refractivity contribution >= 4 is 27.3 Å². The van der Waals surface area contributed by atoms with Crippen LogP contribution in [0.4, 0.5) is 0 Å². The fourth-order valence-corrected chi connectivity index (χ4v) is 6.05. The molecule has 0 aromatic carbocycles. The van der Waals surface area contributed by atoms with Gasteiger partial charge in [-0.15, -0.1) is 11.3 Å². The number of amides is 1. The smallest absolute Gasteiger partial charge is 0.250 e. The third kappa shape index (κ3) is 5.51. The normalized spacial score (nSPS) is 20.3. The number of ether oxygens (including phenoxy) is 1. The highest BCUT2D eigenvalue weighted by atomic mass is 32.2. The molecule has 0 radical (unpaired) electrons. The third-order valence-electron chi connectivity index (χ3n) is 5.46. The van der Waals surface area contributed by atoms with E-state index < -0.39 is 10.0 Å². The second-order valence-electron chi connectivity index (χ2n) is 7.15. The molecular formula is C18H29N3O4S2. The fourth-order valence-electron chi connectivity index (χ4n) is 3.99. The zero-order valence-corrected chi connectivity index (χ0v) is 17.4. The van der Waals surface area contributed by atoms with E-state index in [0.717, 1.165) is 52.0 Å². The van der Waals surface area contributed by atoms with E-state index in [9.17, 15) is 13.2 Å². The summed E-state index contributed by atoms with van der Waals surface area (Å²) >= 11 is 1.23. The highest BCUT2D eigenvalue weighted by molar-refractivity contribution is 7.91. The standard InChI is InChI=1S/C18H29N3O4S2/c1-15(22)20-9-4-16(5-10-20)21(17-6-12-25-13-7-17)11-8-19-27(23,24)18-3-2-14-26-18/h2-3,14,16-17,19H,4-13H2,1H3. The Labute approximate surface area is 165 Å². The summed E-state index contributed by atoms with van der Waals surface area (Å²) in [5.74, 6) is 0.134. The number of hydrogen-bond acceptors (Lipinski definition) is 6. The maximum atomic E-state index is 12.4. The lowest BCUT2D eigenvalue weighted by atomic mass is 9.98. The zero-order chi connectivity index (χ0) is 19.3. The molecule has 0 unspecified atom stereocenters. The summed E-state index contributed by atoms with van der Waals surface area (Å²) in [6, 6.07) is 4.17. The zero-order valence-electron chi connectivity index (χ0n) is 15.8. The van der Waals surface area contributed by atoms with Crippen LogP contribution < -0.4 is 4.72 Å². The molecule has 3 heterocycles. The molecule has 2 fully saturated rings. The Morgan fingerprint density at radius 2 is 1.93 bits per heavy atom. The SMILES string of the molecule is CC(=O)N1CCC(N(CCNS(=O)(=O)c2cccs2)C2CCOCC2)CC1. The number of likely N-dealkylation sites (tertiary alicyclic amines) is 1. The maximum absolute atomic E-state index is 12.4. The van der Waals surface area contributed by atoms with E-state index in [1.165, 1.54) is 11.3 Å². The van der Waals surface area contributed by atoms with E-state index in [1.807, 2.05) is 4.90 Å². The Bertz CT molecular complexity index is 694. The highest BCUT2D eigenvalue weighted by Gasteiger charge is 2.31. The fraction of sp³-hybridized carbons (Fsp3) is 0.722. The van der Waals surface area contributed by atoms with E-state index in [0.29, 0.717) is 29.4 Å². The summed E-state index contributed by atoms with van der Waals surface area (Å²) in [5.41, 5.74) is 0. The van der Waals surface area contributed by atoms with E-state index in [2.05, 4.69) is 9.62 Å². The molecule has 152 valence electrons. The van der Waals surface area contributed by atoms with Gasteiger partial charge in [-0.1, -0.05) is 6.07 Å². The van der Waals surface area contributed by atoms with Gasteiger partial charge in [-0.3, -0.25) is 9.69 Å². The Balaban J connectivity index is 1.59. The molecule has 0 aliphatic carbocycles. The van der Waals surface area contributed by atoms with Crippen molar-refractivity contribution in [3.05, 3.63) is 17.5 Å². The van der Waals surface area contributed by atoms with Gasteiger partial charge >= 0.3 is 0 Å². The Hall–Kier alpha value is -1.00. The van der Waals surface area contributed by atoms with Crippen LogP contribution in [0.2, 0.25) is 0 Å². The molecule has 2 aliphatic heterocycles. The molecule has 1 aromatic heterocycles. The van der Waals surface area contributed by atoms with Gasteiger partial charge in [0, 0.05) is 58.4 Å². The molecule has 0 saturated carbocycles. The number of carbonyl (C=O) groups excluding carboxylic acids is 1. The molecule has 1 amide bonds. The Morgan fingerprint density at radius 3 is 2.52 bits per heavy atom. The van der Waals surface area contributed by atoms with E-state index >= 15 is 0 Å². The first-order valence-electron chi connectivity index (χ1n) is 9.59. The lowest BCUT2D eigenvalue weighted by molar-refractivity contribution is -0.130. The predicted octanol–water partition coefficient (Wildman–Crippen LogP) is 1.52. The van der Waals surface area contributed by atoms with Gasteiger partial charge in [0.25, 0.3) is 0 Å². The first kappa shape index (κ1) is 20.7. The summed E-state index contributed by atoms with van der Waals surface area (Å²) in [7, 11) is -3.43. The van der Waals surface area contributed by atoms with Crippen LogP contribution in [0, 0.1) is 0 Å². The molecule has 0 bridgehead atoms. The number of rotatable bonds is 7. The summed E-state index contributed by atoms with van der Waals surface area (Å²) in [6.07, 6.45) is 3.83. The Kier molecular flexibility index (Phi) is 7.27. The molecular weight excluding hydrogens is 386 g/mol. The molecule has 2 saturated heterocycles. The quantitative estimate of drug-likeness (QED) is 0.730. The minimum atomic E-state index is -3.43. The molecule has 7 nitrogen and oxygen atoms in total. The van der Waals surface area contributed by atoms with Gasteiger partial charge in [0.05, 0.1) is 0 Å².